The number of urea groups is 1. The fourth-order valence-electron chi connectivity index (χ4n) is 2.38. The summed E-state index contributed by atoms with van der Waals surface area (Å²) in [6.45, 7) is 0.648. The molecule has 1 atom stereocenters. The maximum absolute atomic E-state index is 12.2. The van der Waals surface area contributed by atoms with Gasteiger partial charge in [-0.3, -0.25) is 0 Å². The second-order valence-electron chi connectivity index (χ2n) is 5.19. The van der Waals surface area contributed by atoms with Crippen LogP contribution >= 0.6 is 0 Å². The van der Waals surface area contributed by atoms with E-state index in [0.29, 0.717) is 30.2 Å². The molecule has 1 aromatic carbocycles. The van der Waals surface area contributed by atoms with E-state index >= 15 is 0 Å². The Hall–Kier alpha value is -1.96. The monoisotopic (exact) mass is 328 g/mol. The fraction of sp³-hybridized carbons (Fsp3) is 0.500. The summed E-state index contributed by atoms with van der Waals surface area (Å²) in [6, 6.07) is 4.72. The van der Waals surface area contributed by atoms with Crippen LogP contribution < -0.4 is 14.8 Å². The van der Waals surface area contributed by atoms with Gasteiger partial charge < -0.3 is 19.7 Å². The molecule has 1 aliphatic heterocycles. The van der Waals surface area contributed by atoms with E-state index in [4.69, 9.17) is 9.47 Å². The summed E-state index contributed by atoms with van der Waals surface area (Å²) in [5.74, 6) is 1.08. The molecule has 1 aromatic rings. The number of nitrogens with zero attached hydrogens (tertiary/aromatic N) is 1. The molecule has 1 fully saturated rings. The van der Waals surface area contributed by atoms with Crippen molar-refractivity contribution in [3.05, 3.63) is 18.2 Å². The Labute approximate surface area is 130 Å². The van der Waals surface area contributed by atoms with E-state index in [0.717, 1.165) is 0 Å². The molecule has 0 saturated carbocycles. The number of sulfone groups is 1. The minimum absolute atomic E-state index is 0.220. The molecule has 1 unspecified atom stereocenters. The SMILES string of the molecule is COc1ccc(NC(=O)N2CCC(S(C)(=O)=O)C2)cc1OC. The highest BCUT2D eigenvalue weighted by Crippen LogP contribution is 2.30. The third kappa shape index (κ3) is 3.62. The highest BCUT2D eigenvalue weighted by atomic mass is 32.2. The first kappa shape index (κ1) is 16.4. The zero-order valence-electron chi connectivity index (χ0n) is 12.8. The molecule has 22 heavy (non-hydrogen) atoms. The minimum atomic E-state index is -3.12. The van der Waals surface area contributed by atoms with Crippen molar-refractivity contribution in [1.82, 2.24) is 4.90 Å². The molecule has 0 aliphatic carbocycles. The smallest absolute Gasteiger partial charge is 0.321 e. The lowest BCUT2D eigenvalue weighted by Crippen LogP contribution is -2.34. The van der Waals surface area contributed by atoms with Crippen LogP contribution in [0.2, 0.25) is 0 Å². The van der Waals surface area contributed by atoms with Gasteiger partial charge in [-0.05, 0) is 18.6 Å². The Balaban J connectivity index is 2.04. The topological polar surface area (TPSA) is 84.9 Å². The predicted molar refractivity (Wildman–Crippen MR) is 83.4 cm³/mol. The Morgan fingerprint density at radius 2 is 1.95 bits per heavy atom. The van der Waals surface area contributed by atoms with Crippen molar-refractivity contribution in [1.29, 1.82) is 0 Å². The summed E-state index contributed by atoms with van der Waals surface area (Å²) < 4.78 is 33.4. The van der Waals surface area contributed by atoms with Crippen molar-refractivity contribution >= 4 is 21.6 Å². The van der Waals surface area contributed by atoms with Crippen LogP contribution in [0.4, 0.5) is 10.5 Å². The van der Waals surface area contributed by atoms with E-state index in [1.807, 2.05) is 0 Å². The molecule has 8 heteroatoms. The molecule has 7 nitrogen and oxygen atoms in total. The molecule has 2 rings (SSSR count). The van der Waals surface area contributed by atoms with E-state index in [-0.39, 0.29) is 12.6 Å². The van der Waals surface area contributed by atoms with Gasteiger partial charge in [0.05, 0.1) is 19.5 Å². The van der Waals surface area contributed by atoms with Crippen LogP contribution in [-0.2, 0) is 9.84 Å². The van der Waals surface area contributed by atoms with Gasteiger partial charge in [-0.15, -0.1) is 0 Å². The van der Waals surface area contributed by atoms with Gasteiger partial charge in [-0.2, -0.15) is 0 Å². The number of hydrogen-bond acceptors (Lipinski definition) is 5. The summed E-state index contributed by atoms with van der Waals surface area (Å²) in [6.07, 6.45) is 1.67. The Morgan fingerprint density at radius 3 is 2.50 bits per heavy atom. The van der Waals surface area contributed by atoms with Crippen LogP contribution in [0.3, 0.4) is 0 Å². The average molecular weight is 328 g/mol. The normalized spacial score (nSPS) is 18.1. The molecule has 1 aliphatic rings. The maximum Gasteiger partial charge on any atom is 0.321 e. The zero-order valence-corrected chi connectivity index (χ0v) is 13.6. The highest BCUT2D eigenvalue weighted by molar-refractivity contribution is 7.91. The number of benzene rings is 1. The average Bonchev–Trinajstić information content (AvgIpc) is 2.97. The van der Waals surface area contributed by atoms with E-state index in [9.17, 15) is 13.2 Å². The lowest BCUT2D eigenvalue weighted by molar-refractivity contribution is 0.222. The van der Waals surface area contributed by atoms with Gasteiger partial charge in [0.1, 0.15) is 0 Å². The zero-order chi connectivity index (χ0) is 16.3. The van der Waals surface area contributed by atoms with Gasteiger partial charge in [0.25, 0.3) is 0 Å². The van der Waals surface area contributed by atoms with Crippen LogP contribution in [0.1, 0.15) is 6.42 Å². The molecule has 1 N–H and O–H groups in total. The number of ether oxygens (including phenoxy) is 2. The van der Waals surface area contributed by atoms with Crippen molar-refractivity contribution in [3.8, 4) is 11.5 Å². The van der Waals surface area contributed by atoms with Crippen LogP contribution in [0.25, 0.3) is 0 Å². The molecule has 2 amide bonds. The molecular formula is C14H20N2O5S. The van der Waals surface area contributed by atoms with E-state index < -0.39 is 15.1 Å². The van der Waals surface area contributed by atoms with E-state index in [1.54, 1.807) is 18.2 Å². The summed E-state index contributed by atoms with van der Waals surface area (Å²) in [4.78, 5) is 13.7. The number of rotatable bonds is 4. The van der Waals surface area contributed by atoms with E-state index in [1.165, 1.54) is 25.4 Å². The third-order valence-corrected chi connectivity index (χ3v) is 5.27. The second kappa shape index (κ2) is 6.43. The lowest BCUT2D eigenvalue weighted by atomic mass is 10.3. The number of carbonyl (C=O) groups excluding carboxylic acids is 1. The Kier molecular flexibility index (Phi) is 4.80. The van der Waals surface area contributed by atoms with E-state index in [2.05, 4.69) is 5.32 Å². The van der Waals surface area contributed by atoms with Crippen molar-refractivity contribution < 1.29 is 22.7 Å². The molecule has 0 bridgehead atoms. The van der Waals surface area contributed by atoms with Gasteiger partial charge in [0.2, 0.25) is 0 Å². The highest BCUT2D eigenvalue weighted by Gasteiger charge is 2.32. The first-order valence-electron chi connectivity index (χ1n) is 6.82. The summed E-state index contributed by atoms with van der Waals surface area (Å²) in [5, 5.41) is 2.26. The molecular weight excluding hydrogens is 308 g/mol. The summed E-state index contributed by atoms with van der Waals surface area (Å²) in [7, 11) is -0.0718. The third-order valence-electron chi connectivity index (χ3n) is 3.67. The summed E-state index contributed by atoms with van der Waals surface area (Å²) >= 11 is 0. The van der Waals surface area contributed by atoms with Gasteiger partial charge in [0, 0.05) is 31.1 Å². The number of likely N-dealkylation sites (tertiary alicyclic amines) is 1. The molecule has 0 aromatic heterocycles. The van der Waals surface area contributed by atoms with Crippen molar-refractivity contribution in [2.45, 2.75) is 11.7 Å². The van der Waals surface area contributed by atoms with Gasteiger partial charge in [0.15, 0.2) is 21.3 Å². The first-order chi connectivity index (χ1) is 10.3. The Bertz CT molecular complexity index is 659. The van der Waals surface area contributed by atoms with Crippen LogP contribution in [0.5, 0.6) is 11.5 Å². The molecule has 0 spiro atoms. The van der Waals surface area contributed by atoms with Gasteiger partial charge in [-0.1, -0.05) is 0 Å². The van der Waals surface area contributed by atoms with Crippen LogP contribution in [0.15, 0.2) is 18.2 Å². The van der Waals surface area contributed by atoms with Crippen molar-refractivity contribution in [2.75, 3.05) is 38.9 Å². The number of methoxy groups -OCH3 is 2. The molecule has 122 valence electrons. The second-order valence-corrected chi connectivity index (χ2v) is 7.51. The number of amides is 2. The quantitative estimate of drug-likeness (QED) is 0.902. The Morgan fingerprint density at radius 1 is 1.27 bits per heavy atom. The standard InChI is InChI=1S/C14H20N2O5S/c1-20-12-5-4-10(8-13(12)21-2)15-14(17)16-7-6-11(9-16)22(3,18)19/h4-5,8,11H,6-7,9H2,1-3H3,(H,15,17). The fourth-order valence-corrected chi connectivity index (χ4v) is 3.36. The summed E-state index contributed by atoms with van der Waals surface area (Å²) in [5.41, 5.74) is 0.561. The van der Waals surface area contributed by atoms with Crippen molar-refractivity contribution in [3.63, 3.8) is 0 Å². The lowest BCUT2D eigenvalue weighted by Gasteiger charge is -2.17. The van der Waals surface area contributed by atoms with Crippen LogP contribution in [-0.4, -0.2) is 58.2 Å². The first-order valence-corrected chi connectivity index (χ1v) is 8.77. The molecule has 1 heterocycles. The predicted octanol–water partition coefficient (Wildman–Crippen LogP) is 1.35. The number of anilines is 1. The number of hydrogen-bond donors (Lipinski definition) is 1. The minimum Gasteiger partial charge on any atom is -0.493 e. The molecule has 1 saturated heterocycles. The number of nitrogens with one attached hydrogen (secondary N) is 1. The van der Waals surface area contributed by atoms with Gasteiger partial charge >= 0.3 is 6.03 Å². The van der Waals surface area contributed by atoms with Crippen molar-refractivity contribution in [2.24, 2.45) is 0 Å². The maximum atomic E-state index is 12.2. The molecule has 0 radical (unpaired) electrons. The van der Waals surface area contributed by atoms with Gasteiger partial charge in [-0.25, -0.2) is 13.2 Å². The largest absolute Gasteiger partial charge is 0.493 e. The van der Waals surface area contributed by atoms with Crippen LogP contribution in [0, 0.1) is 0 Å². The number of carbonyl (C=O) groups is 1.